The van der Waals surface area contributed by atoms with E-state index in [2.05, 4.69) is 33.2 Å². The van der Waals surface area contributed by atoms with Gasteiger partial charge >= 0.3 is 0 Å². The van der Waals surface area contributed by atoms with Crippen molar-refractivity contribution in [2.24, 2.45) is 17.8 Å². The Balaban J connectivity index is 1.56. The van der Waals surface area contributed by atoms with Gasteiger partial charge in [0.1, 0.15) is 5.69 Å². The zero-order valence-corrected chi connectivity index (χ0v) is 22.2. The van der Waals surface area contributed by atoms with Gasteiger partial charge in [-0.2, -0.15) is 0 Å². The minimum atomic E-state index is -0.552. The Kier molecular flexibility index (Phi) is 9.08. The first-order chi connectivity index (χ1) is 17.9. The van der Waals surface area contributed by atoms with E-state index in [0.717, 1.165) is 44.2 Å². The van der Waals surface area contributed by atoms with Gasteiger partial charge in [0.25, 0.3) is 0 Å². The van der Waals surface area contributed by atoms with Crippen LogP contribution < -0.4 is 16.0 Å². The molecule has 2 aliphatic carbocycles. The molecule has 2 amide bonds. The van der Waals surface area contributed by atoms with Gasteiger partial charge < -0.3 is 16.0 Å². The lowest BCUT2D eigenvalue weighted by molar-refractivity contribution is -0.137. The van der Waals surface area contributed by atoms with Gasteiger partial charge in [-0.15, -0.1) is 5.10 Å². The fourth-order valence-corrected chi connectivity index (χ4v) is 5.84. The lowest BCUT2D eigenvalue weighted by Gasteiger charge is -2.31. The molecule has 3 N–H and O–H groups in total. The fourth-order valence-electron chi connectivity index (χ4n) is 5.84. The topological polar surface area (TPSA) is 118 Å². The third-order valence-corrected chi connectivity index (χ3v) is 7.98. The molecule has 2 fully saturated rings. The highest BCUT2D eigenvalue weighted by Gasteiger charge is 2.47. The van der Waals surface area contributed by atoms with Crippen molar-refractivity contribution in [2.45, 2.75) is 83.5 Å². The molecule has 1 aromatic heterocycles. The van der Waals surface area contributed by atoms with Crippen LogP contribution in [0.25, 0.3) is 0 Å². The molecule has 2 aliphatic rings. The standard InChI is InChI=1S/C28H40N6O3/c1-4-16-34-17-23(32-33-34)25(20-11-6-5-7-12-20)31-28(37)21-15-14-19-10-8-9-13-22(26(35)24(19)21)30-27(36)18(2)29-3/h5-7,11-12,17-19,21-22,24-25,29H,4,8-10,13-16H2,1-3H3,(H,30,36)(H,31,37)/t18-,19-,21?,22-,24?,25-/m0/s1. The van der Waals surface area contributed by atoms with E-state index in [1.54, 1.807) is 18.7 Å². The summed E-state index contributed by atoms with van der Waals surface area (Å²) < 4.78 is 1.79. The maximum Gasteiger partial charge on any atom is 0.237 e. The molecular formula is C28H40N6O3. The van der Waals surface area contributed by atoms with Crippen LogP contribution in [-0.4, -0.2) is 51.7 Å². The van der Waals surface area contributed by atoms with Gasteiger partial charge in [0.05, 0.1) is 24.3 Å². The van der Waals surface area contributed by atoms with Gasteiger partial charge in [-0.05, 0) is 57.6 Å². The summed E-state index contributed by atoms with van der Waals surface area (Å²) >= 11 is 0. The number of carbonyl (C=O) groups excluding carboxylic acids is 3. The molecule has 0 aliphatic heterocycles. The number of aromatic nitrogens is 3. The number of nitrogens with one attached hydrogen (secondary N) is 3. The Morgan fingerprint density at radius 1 is 1.11 bits per heavy atom. The Bertz CT molecular complexity index is 1070. The Morgan fingerprint density at radius 2 is 1.86 bits per heavy atom. The van der Waals surface area contributed by atoms with Crippen LogP contribution in [0.1, 0.15) is 76.1 Å². The summed E-state index contributed by atoms with van der Waals surface area (Å²) in [5, 5.41) is 17.7. The van der Waals surface area contributed by atoms with E-state index < -0.39 is 18.0 Å². The predicted octanol–water partition coefficient (Wildman–Crippen LogP) is 2.77. The Labute approximate surface area is 219 Å². The number of rotatable bonds is 9. The number of nitrogens with zero attached hydrogens (tertiary/aromatic N) is 3. The normalized spacial score (nSPS) is 25.4. The highest BCUT2D eigenvalue weighted by molar-refractivity contribution is 5.95. The van der Waals surface area contributed by atoms with Crippen LogP contribution >= 0.6 is 0 Å². The van der Waals surface area contributed by atoms with Gasteiger partial charge in [-0.1, -0.05) is 55.3 Å². The summed E-state index contributed by atoms with van der Waals surface area (Å²) in [5.41, 5.74) is 1.60. The fraction of sp³-hybridized carbons (Fsp3) is 0.607. The van der Waals surface area contributed by atoms with Crippen molar-refractivity contribution in [3.8, 4) is 0 Å². The van der Waals surface area contributed by atoms with Gasteiger partial charge in [0, 0.05) is 18.4 Å². The summed E-state index contributed by atoms with van der Waals surface area (Å²) in [6.07, 6.45) is 7.80. The van der Waals surface area contributed by atoms with Gasteiger partial charge in [-0.25, -0.2) is 0 Å². The van der Waals surface area contributed by atoms with Crippen molar-refractivity contribution in [3.05, 3.63) is 47.8 Å². The minimum Gasteiger partial charge on any atom is -0.345 e. The van der Waals surface area contributed by atoms with Crippen LogP contribution in [0.3, 0.4) is 0 Å². The number of aryl methyl sites for hydroxylation is 1. The molecule has 6 atom stereocenters. The largest absolute Gasteiger partial charge is 0.345 e. The molecule has 0 radical (unpaired) electrons. The number of ketones is 1. The van der Waals surface area contributed by atoms with Gasteiger partial charge in [-0.3, -0.25) is 19.1 Å². The van der Waals surface area contributed by atoms with E-state index in [-0.39, 0.29) is 35.5 Å². The number of likely N-dealkylation sites (N-methyl/N-ethyl adjacent to an activating group) is 1. The van der Waals surface area contributed by atoms with Crippen LogP contribution in [0.5, 0.6) is 0 Å². The smallest absolute Gasteiger partial charge is 0.237 e. The summed E-state index contributed by atoms with van der Waals surface area (Å²) in [6.45, 7) is 4.61. The molecule has 0 saturated heterocycles. The van der Waals surface area contributed by atoms with Gasteiger partial charge in [0.2, 0.25) is 11.8 Å². The zero-order valence-electron chi connectivity index (χ0n) is 22.2. The lowest BCUT2D eigenvalue weighted by Crippen LogP contribution is -2.52. The summed E-state index contributed by atoms with van der Waals surface area (Å²) in [6, 6.07) is 8.37. The molecule has 9 heteroatoms. The first-order valence-corrected chi connectivity index (χ1v) is 13.7. The van der Waals surface area contributed by atoms with E-state index in [1.165, 1.54) is 0 Å². The third-order valence-electron chi connectivity index (χ3n) is 7.98. The number of hydrogen-bond acceptors (Lipinski definition) is 6. The number of Topliss-reactive ketones (excluding diaryl/α,β-unsaturated/α-hetero) is 1. The molecule has 2 saturated carbocycles. The number of fused-ring (bicyclic) bond motifs is 1. The molecule has 0 bridgehead atoms. The van der Waals surface area contributed by atoms with Crippen molar-refractivity contribution >= 4 is 17.6 Å². The van der Waals surface area contributed by atoms with Crippen molar-refractivity contribution in [1.29, 1.82) is 0 Å². The predicted molar refractivity (Wildman–Crippen MR) is 140 cm³/mol. The first-order valence-electron chi connectivity index (χ1n) is 13.7. The third kappa shape index (κ3) is 6.26. The second kappa shape index (κ2) is 12.4. The lowest BCUT2D eigenvalue weighted by atomic mass is 9.77. The van der Waals surface area contributed by atoms with E-state index in [1.807, 2.05) is 36.5 Å². The van der Waals surface area contributed by atoms with Crippen LogP contribution in [0.15, 0.2) is 36.5 Å². The van der Waals surface area contributed by atoms with Crippen molar-refractivity contribution in [1.82, 2.24) is 30.9 Å². The average Bonchev–Trinajstić information content (AvgIpc) is 3.55. The summed E-state index contributed by atoms with van der Waals surface area (Å²) in [7, 11) is 1.72. The second-order valence-corrected chi connectivity index (χ2v) is 10.5. The molecular weight excluding hydrogens is 468 g/mol. The zero-order chi connectivity index (χ0) is 26.4. The molecule has 9 nitrogen and oxygen atoms in total. The van der Waals surface area contributed by atoms with E-state index in [0.29, 0.717) is 18.5 Å². The average molecular weight is 509 g/mol. The summed E-state index contributed by atoms with van der Waals surface area (Å²) in [4.78, 5) is 40.2. The molecule has 0 spiro atoms. The highest BCUT2D eigenvalue weighted by Crippen LogP contribution is 2.43. The number of benzene rings is 1. The van der Waals surface area contributed by atoms with Crippen LogP contribution in [-0.2, 0) is 20.9 Å². The van der Waals surface area contributed by atoms with Crippen LogP contribution in [0.4, 0.5) is 0 Å². The SMILES string of the molecule is CCCn1cc([C@@H](NC(=O)C2CC[C@@H]3CCCC[C@H](NC(=O)[C@H](C)NC)C(=O)C23)c2ccccc2)nn1. The van der Waals surface area contributed by atoms with E-state index >= 15 is 0 Å². The Morgan fingerprint density at radius 3 is 2.59 bits per heavy atom. The molecule has 1 heterocycles. The summed E-state index contributed by atoms with van der Waals surface area (Å²) in [5.74, 6) is -0.948. The second-order valence-electron chi connectivity index (χ2n) is 10.5. The first kappa shape index (κ1) is 27.0. The Hall–Kier alpha value is -3.07. The van der Waals surface area contributed by atoms with Crippen LogP contribution in [0.2, 0.25) is 0 Å². The monoisotopic (exact) mass is 508 g/mol. The minimum absolute atomic E-state index is 0.00385. The van der Waals surface area contributed by atoms with Crippen LogP contribution in [0, 0.1) is 17.8 Å². The van der Waals surface area contributed by atoms with Crippen molar-refractivity contribution in [3.63, 3.8) is 0 Å². The number of amides is 2. The molecule has 2 unspecified atom stereocenters. The number of hydrogen-bond donors (Lipinski definition) is 3. The van der Waals surface area contributed by atoms with E-state index in [4.69, 9.17) is 0 Å². The van der Waals surface area contributed by atoms with Gasteiger partial charge in [0.15, 0.2) is 5.78 Å². The highest BCUT2D eigenvalue weighted by atomic mass is 16.2. The molecule has 2 aromatic rings. The van der Waals surface area contributed by atoms with E-state index in [9.17, 15) is 14.4 Å². The molecule has 37 heavy (non-hydrogen) atoms. The molecule has 1 aromatic carbocycles. The maximum atomic E-state index is 13.8. The number of carbonyl (C=O) groups is 3. The van der Waals surface area contributed by atoms with Crippen molar-refractivity contribution < 1.29 is 14.4 Å². The molecule has 4 rings (SSSR count). The maximum absolute atomic E-state index is 13.8. The quantitative estimate of drug-likeness (QED) is 0.479. The van der Waals surface area contributed by atoms with Crippen molar-refractivity contribution in [2.75, 3.05) is 7.05 Å². The molecule has 200 valence electrons.